The average Bonchev–Trinajstić information content (AvgIpc) is 3.23. The summed E-state index contributed by atoms with van der Waals surface area (Å²) < 4.78 is 17.7. The van der Waals surface area contributed by atoms with Gasteiger partial charge in [0, 0.05) is 12.8 Å². The maximum absolute atomic E-state index is 12.8. The second-order valence-electron chi connectivity index (χ2n) is 11.1. The van der Waals surface area contributed by atoms with E-state index in [1.54, 1.807) is 27.7 Å². The SMILES string of the molecule is CCC(=O)NC(=Nc1ccc(B2OC(C)(C)C(C)(C)O2)cc1)C1C[C@@H](O)CN1C(=O)OC(C)(C)C. The minimum atomic E-state index is -0.748. The topological polar surface area (TPSA) is 110 Å². The summed E-state index contributed by atoms with van der Waals surface area (Å²) >= 11 is 0. The number of rotatable bonds is 4. The monoisotopic (exact) mass is 487 g/mol. The Balaban J connectivity index is 1.87. The highest BCUT2D eigenvalue weighted by Gasteiger charge is 2.51. The molecule has 0 spiro atoms. The van der Waals surface area contributed by atoms with E-state index in [1.807, 2.05) is 52.0 Å². The van der Waals surface area contributed by atoms with Gasteiger partial charge in [0.25, 0.3) is 0 Å². The van der Waals surface area contributed by atoms with E-state index < -0.39 is 42.2 Å². The van der Waals surface area contributed by atoms with Crippen LogP contribution in [-0.2, 0) is 18.8 Å². The van der Waals surface area contributed by atoms with E-state index in [0.717, 1.165) is 5.46 Å². The van der Waals surface area contributed by atoms with Gasteiger partial charge in [-0.25, -0.2) is 9.79 Å². The molecule has 0 aliphatic carbocycles. The number of nitrogens with one attached hydrogen (secondary N) is 1. The lowest BCUT2D eigenvalue weighted by Crippen LogP contribution is -2.49. The molecule has 1 aromatic carbocycles. The first kappa shape index (κ1) is 27.2. The van der Waals surface area contributed by atoms with Crippen LogP contribution in [0.2, 0.25) is 0 Å². The van der Waals surface area contributed by atoms with Crippen LogP contribution in [0.5, 0.6) is 0 Å². The molecule has 3 rings (SSSR count). The summed E-state index contributed by atoms with van der Waals surface area (Å²) in [5, 5.41) is 13.1. The van der Waals surface area contributed by atoms with Crippen LogP contribution in [0, 0.1) is 0 Å². The molecule has 2 N–H and O–H groups in total. The van der Waals surface area contributed by atoms with Crippen molar-refractivity contribution < 1.29 is 28.7 Å². The molecule has 2 heterocycles. The predicted octanol–water partition coefficient (Wildman–Crippen LogP) is 2.91. The van der Waals surface area contributed by atoms with Crippen molar-refractivity contribution in [1.82, 2.24) is 10.2 Å². The molecule has 35 heavy (non-hydrogen) atoms. The number of carbonyl (C=O) groups is 2. The smallest absolute Gasteiger partial charge is 0.444 e. The molecule has 2 aliphatic heterocycles. The fraction of sp³-hybridized carbons (Fsp3) is 0.640. The third kappa shape index (κ3) is 6.42. The van der Waals surface area contributed by atoms with Crippen LogP contribution in [-0.4, -0.2) is 70.5 Å². The van der Waals surface area contributed by atoms with Crippen molar-refractivity contribution >= 4 is 36.1 Å². The van der Waals surface area contributed by atoms with E-state index in [0.29, 0.717) is 11.5 Å². The van der Waals surface area contributed by atoms with Crippen molar-refractivity contribution in [1.29, 1.82) is 0 Å². The van der Waals surface area contributed by atoms with Crippen LogP contribution in [0.25, 0.3) is 0 Å². The number of carbonyl (C=O) groups excluding carboxylic acids is 2. The number of aliphatic imine (C=N–C) groups is 1. The van der Waals surface area contributed by atoms with Crippen molar-refractivity contribution in [3.8, 4) is 0 Å². The molecule has 2 aliphatic rings. The Labute approximate surface area is 208 Å². The molecular weight excluding hydrogens is 449 g/mol. The fourth-order valence-electron chi connectivity index (χ4n) is 3.84. The van der Waals surface area contributed by atoms with Crippen molar-refractivity contribution in [2.24, 2.45) is 4.99 Å². The number of nitrogens with zero attached hydrogens (tertiary/aromatic N) is 2. The number of amidine groups is 1. The molecule has 0 aromatic heterocycles. The lowest BCUT2D eigenvalue weighted by molar-refractivity contribution is -0.119. The highest BCUT2D eigenvalue weighted by molar-refractivity contribution is 6.62. The highest BCUT2D eigenvalue weighted by Crippen LogP contribution is 2.36. The van der Waals surface area contributed by atoms with Crippen LogP contribution >= 0.6 is 0 Å². The maximum atomic E-state index is 12.8. The molecule has 192 valence electrons. The zero-order valence-electron chi connectivity index (χ0n) is 22.0. The number of aliphatic hydroxyl groups excluding tert-OH is 1. The molecule has 2 fully saturated rings. The Morgan fingerprint density at radius 1 is 1.17 bits per heavy atom. The number of hydrogen-bond donors (Lipinski definition) is 2. The molecule has 1 unspecified atom stereocenters. The Morgan fingerprint density at radius 2 is 1.74 bits per heavy atom. The number of likely N-dealkylation sites (tertiary alicyclic amines) is 1. The Kier molecular flexibility index (Phi) is 7.69. The van der Waals surface area contributed by atoms with Crippen LogP contribution in [0.1, 0.15) is 68.2 Å². The first-order valence-electron chi connectivity index (χ1n) is 12.1. The number of amides is 2. The molecule has 1 aromatic rings. The van der Waals surface area contributed by atoms with Gasteiger partial charge in [0.1, 0.15) is 11.4 Å². The van der Waals surface area contributed by atoms with Crippen molar-refractivity contribution in [2.75, 3.05) is 6.54 Å². The van der Waals surface area contributed by atoms with Crippen LogP contribution in [0.15, 0.2) is 29.3 Å². The van der Waals surface area contributed by atoms with Gasteiger partial charge in [-0.15, -0.1) is 0 Å². The van der Waals surface area contributed by atoms with E-state index in [-0.39, 0.29) is 25.3 Å². The van der Waals surface area contributed by atoms with Crippen molar-refractivity contribution in [2.45, 2.75) is 97.2 Å². The van der Waals surface area contributed by atoms with Gasteiger partial charge >= 0.3 is 13.2 Å². The molecular formula is C25H38BN3O6. The largest absolute Gasteiger partial charge is 0.494 e. The lowest BCUT2D eigenvalue weighted by atomic mass is 9.79. The normalized spacial score (nSPS) is 24.0. The molecule has 0 saturated carbocycles. The van der Waals surface area contributed by atoms with E-state index in [9.17, 15) is 14.7 Å². The minimum Gasteiger partial charge on any atom is -0.444 e. The number of ether oxygens (including phenoxy) is 1. The standard InChI is InChI=1S/C25H38BN3O6/c1-9-20(31)28-21(19-14-18(30)15-29(19)22(32)33-23(2,3)4)27-17-12-10-16(11-13-17)26-34-24(5,6)25(7,8)35-26/h10-13,18-19,30H,9,14-15H2,1-8H3,(H,27,28,31)/t18-,19?/m1/s1. The molecule has 10 heteroatoms. The van der Waals surface area contributed by atoms with Gasteiger partial charge in [-0.2, -0.15) is 0 Å². The van der Waals surface area contributed by atoms with E-state index in [1.165, 1.54) is 4.90 Å². The summed E-state index contributed by atoms with van der Waals surface area (Å²) in [6, 6.07) is 6.73. The number of β-amino-alcohol motifs (C(OH)–C–C–N with tert-alkyl or cyclic N) is 1. The van der Waals surface area contributed by atoms with Crippen molar-refractivity contribution in [3.05, 3.63) is 24.3 Å². The van der Waals surface area contributed by atoms with Crippen LogP contribution in [0.3, 0.4) is 0 Å². The van der Waals surface area contributed by atoms with Gasteiger partial charge in [-0.3, -0.25) is 9.69 Å². The van der Waals surface area contributed by atoms with Crippen LogP contribution in [0.4, 0.5) is 10.5 Å². The third-order valence-electron chi connectivity index (χ3n) is 6.48. The zero-order valence-corrected chi connectivity index (χ0v) is 22.0. The van der Waals surface area contributed by atoms with Gasteiger partial charge in [-0.1, -0.05) is 19.1 Å². The second-order valence-corrected chi connectivity index (χ2v) is 11.1. The molecule has 2 atom stereocenters. The Bertz CT molecular complexity index is 954. The quantitative estimate of drug-likeness (QED) is 0.384. The van der Waals surface area contributed by atoms with Gasteiger partial charge < -0.3 is 24.5 Å². The summed E-state index contributed by atoms with van der Waals surface area (Å²) in [6.07, 6.45) is -0.814. The molecule has 0 radical (unpaired) electrons. The average molecular weight is 487 g/mol. The summed E-state index contributed by atoms with van der Waals surface area (Å²) in [5.74, 6) is 0.0609. The van der Waals surface area contributed by atoms with Crippen molar-refractivity contribution in [3.63, 3.8) is 0 Å². The van der Waals surface area contributed by atoms with E-state index in [2.05, 4.69) is 10.3 Å². The second kappa shape index (κ2) is 9.91. The number of benzene rings is 1. The van der Waals surface area contributed by atoms with E-state index >= 15 is 0 Å². The summed E-state index contributed by atoms with van der Waals surface area (Å²) in [5.41, 5.74) is -0.139. The highest BCUT2D eigenvalue weighted by atomic mass is 16.7. The summed E-state index contributed by atoms with van der Waals surface area (Å²) in [7, 11) is -0.495. The van der Waals surface area contributed by atoms with Gasteiger partial charge in [0.2, 0.25) is 5.91 Å². The Morgan fingerprint density at radius 3 is 2.26 bits per heavy atom. The van der Waals surface area contributed by atoms with Crippen LogP contribution < -0.4 is 10.8 Å². The predicted molar refractivity (Wildman–Crippen MR) is 135 cm³/mol. The number of hydrogen-bond acceptors (Lipinski definition) is 7. The molecule has 2 amide bonds. The van der Waals surface area contributed by atoms with Gasteiger partial charge in [0.15, 0.2) is 0 Å². The number of aliphatic hydroxyl groups is 1. The lowest BCUT2D eigenvalue weighted by Gasteiger charge is -2.32. The fourth-order valence-corrected chi connectivity index (χ4v) is 3.84. The summed E-state index contributed by atoms with van der Waals surface area (Å²) in [6.45, 7) is 15.2. The first-order chi connectivity index (χ1) is 16.1. The third-order valence-corrected chi connectivity index (χ3v) is 6.48. The van der Waals surface area contributed by atoms with Gasteiger partial charge in [0.05, 0.1) is 35.6 Å². The van der Waals surface area contributed by atoms with E-state index in [4.69, 9.17) is 14.0 Å². The minimum absolute atomic E-state index is 0.0987. The molecule has 2 saturated heterocycles. The summed E-state index contributed by atoms with van der Waals surface area (Å²) in [4.78, 5) is 31.2. The Hall–Kier alpha value is -2.43. The zero-order chi connectivity index (χ0) is 26.2. The molecule has 0 bridgehead atoms. The molecule has 9 nitrogen and oxygen atoms in total. The maximum Gasteiger partial charge on any atom is 0.494 e. The first-order valence-corrected chi connectivity index (χ1v) is 12.1. The van der Waals surface area contributed by atoms with Gasteiger partial charge in [-0.05, 0) is 66.1 Å².